The van der Waals surface area contributed by atoms with Crippen molar-refractivity contribution in [1.29, 1.82) is 0 Å². The molecule has 2 aromatic heterocycles. The van der Waals surface area contributed by atoms with Crippen molar-refractivity contribution in [3.63, 3.8) is 0 Å². The first kappa shape index (κ1) is 20.7. The molecule has 5 rings (SSSR count). The van der Waals surface area contributed by atoms with E-state index >= 15 is 0 Å². The maximum absolute atomic E-state index is 13.2. The zero-order chi connectivity index (χ0) is 21.9. The van der Waals surface area contributed by atoms with Gasteiger partial charge in [-0.15, -0.1) is 0 Å². The van der Waals surface area contributed by atoms with Crippen LogP contribution in [0, 0.1) is 6.92 Å². The average Bonchev–Trinajstić information content (AvgIpc) is 2.82. The van der Waals surface area contributed by atoms with Gasteiger partial charge < -0.3 is 10.1 Å². The maximum atomic E-state index is 13.2. The third-order valence-electron chi connectivity index (χ3n) is 6.06. The van der Waals surface area contributed by atoms with Crippen molar-refractivity contribution < 1.29 is 6.16 Å². The first-order chi connectivity index (χ1) is 15.7. The first-order valence-electron chi connectivity index (χ1n) is 11.2. The molecule has 0 radical (unpaired) electrons. The molecule has 1 saturated heterocycles. The molecule has 0 spiro atoms. The molecule has 0 bridgehead atoms. The number of hydrogen-bond acceptors (Lipinski definition) is 5. The summed E-state index contributed by atoms with van der Waals surface area (Å²) >= 11 is 0. The zero-order valence-electron chi connectivity index (χ0n) is 18.4. The SMILES string of the molecule is Cc1nc2c(cc1CN1CCOCC1)c(=O)cc(NC1=CCCC=C1)n2-c1ccccc1.[HH]. The molecule has 6 nitrogen and oxygen atoms in total. The molecule has 0 amide bonds. The lowest BCUT2D eigenvalue weighted by Crippen LogP contribution is -2.36. The number of rotatable bonds is 5. The summed E-state index contributed by atoms with van der Waals surface area (Å²) < 4.78 is 7.52. The number of aromatic nitrogens is 2. The lowest BCUT2D eigenvalue weighted by atomic mass is 10.1. The van der Waals surface area contributed by atoms with E-state index in [1.807, 2.05) is 47.9 Å². The second-order valence-electron chi connectivity index (χ2n) is 8.32. The van der Waals surface area contributed by atoms with Crippen LogP contribution in [0.2, 0.25) is 0 Å². The summed E-state index contributed by atoms with van der Waals surface area (Å²) in [5, 5.41) is 4.10. The molecule has 0 saturated carbocycles. The Labute approximate surface area is 189 Å². The monoisotopic (exact) mass is 430 g/mol. The molecule has 3 aromatic rings. The molecule has 32 heavy (non-hydrogen) atoms. The third kappa shape index (κ3) is 4.24. The number of anilines is 1. The summed E-state index contributed by atoms with van der Waals surface area (Å²) in [4.78, 5) is 20.5. The van der Waals surface area contributed by atoms with Gasteiger partial charge in [0.05, 0.1) is 18.6 Å². The van der Waals surface area contributed by atoms with Crippen LogP contribution in [0.25, 0.3) is 16.7 Å². The van der Waals surface area contributed by atoms with E-state index in [1.165, 1.54) is 0 Å². The van der Waals surface area contributed by atoms with Crippen molar-refractivity contribution >= 4 is 16.9 Å². The highest BCUT2D eigenvalue weighted by atomic mass is 16.5. The van der Waals surface area contributed by atoms with E-state index in [9.17, 15) is 4.79 Å². The van der Waals surface area contributed by atoms with Crippen LogP contribution >= 0.6 is 0 Å². The summed E-state index contributed by atoms with van der Waals surface area (Å²) in [7, 11) is 0. The Kier molecular flexibility index (Phi) is 5.88. The second-order valence-corrected chi connectivity index (χ2v) is 8.32. The Morgan fingerprint density at radius 3 is 2.69 bits per heavy atom. The highest BCUT2D eigenvalue weighted by molar-refractivity contribution is 5.81. The predicted octanol–water partition coefficient (Wildman–Crippen LogP) is 4.42. The summed E-state index contributed by atoms with van der Waals surface area (Å²) in [6.07, 6.45) is 8.41. The van der Waals surface area contributed by atoms with Crippen molar-refractivity contribution in [1.82, 2.24) is 14.5 Å². The van der Waals surface area contributed by atoms with Gasteiger partial charge >= 0.3 is 0 Å². The van der Waals surface area contributed by atoms with E-state index in [0.29, 0.717) is 11.0 Å². The Balaban J connectivity index is 0.00000259. The van der Waals surface area contributed by atoms with Crippen LogP contribution in [0.3, 0.4) is 0 Å². The van der Waals surface area contributed by atoms with Gasteiger partial charge in [-0.05, 0) is 49.6 Å². The van der Waals surface area contributed by atoms with Crippen molar-refractivity contribution in [3.05, 3.63) is 87.9 Å². The minimum Gasteiger partial charge on any atom is -0.379 e. The number of allylic oxidation sites excluding steroid dienone is 3. The Morgan fingerprint density at radius 2 is 1.94 bits per heavy atom. The molecular formula is C26H30N4O2. The van der Waals surface area contributed by atoms with Gasteiger partial charge in [-0.2, -0.15) is 0 Å². The van der Waals surface area contributed by atoms with Crippen molar-refractivity contribution in [2.24, 2.45) is 0 Å². The highest BCUT2D eigenvalue weighted by Crippen LogP contribution is 2.25. The standard InChI is InChI=1S/C26H28N4O2.H2/c1-19-20(18-29-12-14-32-15-13-29)16-23-24(31)17-25(28-21-8-4-2-5-9-21)30(26(23)27-19)22-10-6-3-7-11-22;/h3-4,6-11,16-17,28H,2,5,12-15,18H2,1H3;1H. The number of morpholine rings is 1. The van der Waals surface area contributed by atoms with Gasteiger partial charge in [0.25, 0.3) is 0 Å². The molecule has 1 aliphatic heterocycles. The topological polar surface area (TPSA) is 59.4 Å². The van der Waals surface area contributed by atoms with Crippen LogP contribution < -0.4 is 10.7 Å². The molecule has 6 heteroatoms. The van der Waals surface area contributed by atoms with Crippen molar-refractivity contribution in [3.8, 4) is 5.69 Å². The Hall–Kier alpha value is -3.22. The summed E-state index contributed by atoms with van der Waals surface area (Å²) in [6, 6.07) is 13.8. The van der Waals surface area contributed by atoms with Gasteiger partial charge in [0.15, 0.2) is 5.43 Å². The van der Waals surface area contributed by atoms with Crippen molar-refractivity contribution in [2.75, 3.05) is 31.6 Å². The van der Waals surface area contributed by atoms with Crippen LogP contribution in [-0.2, 0) is 11.3 Å². The lowest BCUT2D eigenvalue weighted by Gasteiger charge is -2.27. The fourth-order valence-electron chi connectivity index (χ4n) is 4.31. The van der Waals surface area contributed by atoms with Crippen LogP contribution in [0.4, 0.5) is 5.82 Å². The zero-order valence-corrected chi connectivity index (χ0v) is 18.4. The Bertz CT molecular complexity index is 1240. The third-order valence-corrected chi connectivity index (χ3v) is 6.06. The second kappa shape index (κ2) is 9.10. The molecule has 1 N–H and O–H groups in total. The van der Waals surface area contributed by atoms with Crippen LogP contribution in [0.1, 0.15) is 25.5 Å². The predicted molar refractivity (Wildman–Crippen MR) is 130 cm³/mol. The lowest BCUT2D eigenvalue weighted by molar-refractivity contribution is 0.0341. The molecular weight excluding hydrogens is 400 g/mol. The number of para-hydroxylation sites is 1. The number of benzene rings is 1. The fourth-order valence-corrected chi connectivity index (χ4v) is 4.31. The summed E-state index contributed by atoms with van der Waals surface area (Å²) in [5.41, 5.74) is 4.66. The number of hydrogen-bond donors (Lipinski definition) is 1. The molecule has 0 atom stereocenters. The minimum absolute atomic E-state index is 0. The fraction of sp³-hybridized carbons (Fsp3) is 0.308. The molecule has 2 aliphatic rings. The van der Waals surface area contributed by atoms with E-state index in [4.69, 9.17) is 9.72 Å². The van der Waals surface area contributed by atoms with Crippen LogP contribution in [-0.4, -0.2) is 40.8 Å². The minimum atomic E-state index is -0.0224. The maximum Gasteiger partial charge on any atom is 0.193 e. The van der Waals surface area contributed by atoms with E-state index in [0.717, 1.165) is 74.1 Å². The van der Waals surface area contributed by atoms with Gasteiger partial charge in [0.2, 0.25) is 0 Å². The quantitative estimate of drug-likeness (QED) is 0.649. The number of nitrogens with zero attached hydrogens (tertiary/aromatic N) is 3. The number of aryl methyl sites for hydroxylation is 1. The average molecular weight is 431 g/mol. The van der Waals surface area contributed by atoms with Gasteiger partial charge in [0, 0.05) is 44.2 Å². The molecule has 1 fully saturated rings. The molecule has 166 valence electrons. The summed E-state index contributed by atoms with van der Waals surface area (Å²) in [6.45, 7) is 6.11. The first-order valence-corrected chi connectivity index (χ1v) is 11.2. The van der Waals surface area contributed by atoms with E-state index in [2.05, 4.69) is 28.4 Å². The number of pyridine rings is 2. The van der Waals surface area contributed by atoms with Gasteiger partial charge in [-0.1, -0.05) is 30.4 Å². The van der Waals surface area contributed by atoms with Crippen LogP contribution in [0.5, 0.6) is 0 Å². The molecule has 3 heterocycles. The van der Waals surface area contributed by atoms with Gasteiger partial charge in [-0.25, -0.2) is 4.98 Å². The smallest absolute Gasteiger partial charge is 0.193 e. The largest absolute Gasteiger partial charge is 0.379 e. The summed E-state index contributed by atoms with van der Waals surface area (Å²) in [5.74, 6) is 0.722. The van der Waals surface area contributed by atoms with E-state index < -0.39 is 0 Å². The number of fused-ring (bicyclic) bond motifs is 1. The molecule has 0 unspecified atom stereocenters. The molecule has 1 aromatic carbocycles. The van der Waals surface area contributed by atoms with E-state index in [1.54, 1.807) is 6.07 Å². The highest BCUT2D eigenvalue weighted by Gasteiger charge is 2.17. The van der Waals surface area contributed by atoms with Crippen molar-refractivity contribution in [2.45, 2.75) is 26.3 Å². The Morgan fingerprint density at radius 1 is 1.12 bits per heavy atom. The van der Waals surface area contributed by atoms with Crippen LogP contribution in [0.15, 0.2) is 71.2 Å². The van der Waals surface area contributed by atoms with E-state index in [-0.39, 0.29) is 6.86 Å². The van der Waals surface area contributed by atoms with Gasteiger partial charge in [-0.3, -0.25) is 14.3 Å². The molecule has 1 aliphatic carbocycles. The normalized spacial score (nSPS) is 16.8. The number of nitrogens with one attached hydrogen (secondary N) is 1. The van der Waals surface area contributed by atoms with Gasteiger partial charge in [0.1, 0.15) is 11.5 Å². The number of ether oxygens (including phenoxy) is 1.